The fourth-order valence-electron chi connectivity index (χ4n) is 3.62. The second-order valence-electron chi connectivity index (χ2n) is 7.47. The summed E-state index contributed by atoms with van der Waals surface area (Å²) >= 11 is 6.18. The summed E-state index contributed by atoms with van der Waals surface area (Å²) < 4.78 is 16.1. The largest absolute Gasteiger partial charge is 0.496 e. The molecule has 2 aromatic carbocycles. The minimum atomic E-state index is -1.40. The highest BCUT2D eigenvalue weighted by Gasteiger charge is 2.39. The number of aromatic nitrogens is 1. The van der Waals surface area contributed by atoms with Crippen LogP contribution < -0.4 is 10.1 Å². The van der Waals surface area contributed by atoms with Crippen LogP contribution in [0.15, 0.2) is 65.2 Å². The highest BCUT2D eigenvalue weighted by Crippen LogP contribution is 2.29. The van der Waals surface area contributed by atoms with E-state index in [1.54, 1.807) is 48.6 Å². The van der Waals surface area contributed by atoms with Crippen molar-refractivity contribution in [2.75, 3.05) is 13.7 Å². The van der Waals surface area contributed by atoms with E-state index in [4.69, 9.17) is 25.6 Å². The third-order valence-electron chi connectivity index (χ3n) is 5.32. The molecule has 2 N–H and O–H groups in total. The molecule has 0 spiro atoms. The van der Waals surface area contributed by atoms with Crippen molar-refractivity contribution < 1.29 is 28.7 Å². The molecule has 1 aliphatic rings. The normalized spacial score (nSPS) is 17.2. The number of nitrogens with zero attached hydrogens (tertiary/aromatic N) is 1. The van der Waals surface area contributed by atoms with Crippen LogP contribution in [0, 0.1) is 0 Å². The predicted molar refractivity (Wildman–Crippen MR) is 120 cm³/mol. The fourth-order valence-corrected chi connectivity index (χ4v) is 3.85. The molecule has 1 unspecified atom stereocenters. The van der Waals surface area contributed by atoms with Crippen LogP contribution in [0.3, 0.4) is 0 Å². The number of carbonyl (C=O) groups is 2. The topological polar surface area (TPSA) is 111 Å². The second-order valence-corrected chi connectivity index (χ2v) is 7.88. The van der Waals surface area contributed by atoms with E-state index < -0.39 is 17.5 Å². The number of ether oxygens (including phenoxy) is 2. The first-order valence-corrected chi connectivity index (χ1v) is 10.5. The van der Waals surface area contributed by atoms with Crippen LogP contribution in [0.4, 0.5) is 0 Å². The van der Waals surface area contributed by atoms with E-state index in [0.29, 0.717) is 27.7 Å². The number of carboxylic acid groups (broad SMARTS) is 1. The quantitative estimate of drug-likeness (QED) is 0.482. The second kappa shape index (κ2) is 9.48. The SMILES string of the molecule is COc1ccc(CC2(C(=O)O)C=CCO2)cc1CNC(=O)c1cc(-c2ccccc2Cl)on1. The Morgan fingerprint density at radius 1 is 1.24 bits per heavy atom. The van der Waals surface area contributed by atoms with Gasteiger partial charge in [0.2, 0.25) is 0 Å². The summed E-state index contributed by atoms with van der Waals surface area (Å²) in [6, 6.07) is 13.9. The summed E-state index contributed by atoms with van der Waals surface area (Å²) in [5.74, 6) is -0.548. The van der Waals surface area contributed by atoms with Gasteiger partial charge >= 0.3 is 5.97 Å². The molecule has 0 radical (unpaired) electrons. The van der Waals surface area contributed by atoms with Gasteiger partial charge < -0.3 is 24.4 Å². The van der Waals surface area contributed by atoms with Crippen molar-refractivity contribution in [3.05, 3.63) is 82.5 Å². The molecular weight excluding hydrogens is 448 g/mol. The Morgan fingerprint density at radius 2 is 2.06 bits per heavy atom. The van der Waals surface area contributed by atoms with E-state index in [9.17, 15) is 14.7 Å². The van der Waals surface area contributed by atoms with E-state index in [2.05, 4.69) is 10.5 Å². The standard InChI is InChI=1S/C24H21ClN2O6/c1-31-20-8-7-15(13-24(23(29)30)9-4-10-32-24)11-16(20)14-26-22(28)19-12-21(33-27-19)17-5-2-3-6-18(17)25/h2-9,11-12H,10,13-14H2,1H3,(H,26,28)(H,29,30). The van der Waals surface area contributed by atoms with Crippen molar-refractivity contribution in [1.82, 2.24) is 10.5 Å². The number of carbonyl (C=O) groups excluding carboxylic acids is 1. The average Bonchev–Trinajstić information content (AvgIpc) is 3.49. The Hall–Kier alpha value is -3.62. The van der Waals surface area contributed by atoms with Crippen molar-refractivity contribution in [2.24, 2.45) is 0 Å². The van der Waals surface area contributed by atoms with Crippen molar-refractivity contribution in [3.63, 3.8) is 0 Å². The van der Waals surface area contributed by atoms with E-state index >= 15 is 0 Å². The summed E-state index contributed by atoms with van der Waals surface area (Å²) in [5, 5.41) is 16.7. The number of nitrogens with one attached hydrogen (secondary N) is 1. The van der Waals surface area contributed by atoms with Gasteiger partial charge in [0, 0.05) is 30.2 Å². The lowest BCUT2D eigenvalue weighted by atomic mass is 9.93. The van der Waals surface area contributed by atoms with Gasteiger partial charge in [-0.25, -0.2) is 4.79 Å². The first kappa shape index (κ1) is 22.6. The maximum Gasteiger partial charge on any atom is 0.340 e. The molecule has 8 nitrogen and oxygen atoms in total. The molecule has 1 amide bonds. The summed E-state index contributed by atoms with van der Waals surface area (Å²) in [5.41, 5.74) is 0.757. The van der Waals surface area contributed by atoms with Gasteiger partial charge in [0.25, 0.3) is 5.91 Å². The number of methoxy groups -OCH3 is 1. The van der Waals surface area contributed by atoms with Gasteiger partial charge in [0.1, 0.15) is 5.75 Å². The zero-order valence-electron chi connectivity index (χ0n) is 17.7. The third-order valence-corrected chi connectivity index (χ3v) is 5.65. The Labute approximate surface area is 194 Å². The van der Waals surface area contributed by atoms with Gasteiger partial charge in [0.15, 0.2) is 17.1 Å². The third kappa shape index (κ3) is 4.76. The molecule has 3 aromatic rings. The monoisotopic (exact) mass is 468 g/mol. The lowest BCUT2D eigenvalue weighted by molar-refractivity contribution is -0.156. The summed E-state index contributed by atoms with van der Waals surface area (Å²) in [4.78, 5) is 24.4. The van der Waals surface area contributed by atoms with Gasteiger partial charge in [-0.05, 0) is 29.8 Å². The minimum Gasteiger partial charge on any atom is -0.496 e. The molecule has 1 aliphatic heterocycles. The maximum absolute atomic E-state index is 12.6. The predicted octanol–water partition coefficient (Wildman–Crippen LogP) is 3.89. The van der Waals surface area contributed by atoms with Crippen LogP contribution in [0.5, 0.6) is 5.75 Å². The van der Waals surface area contributed by atoms with Crippen LogP contribution >= 0.6 is 11.6 Å². The Balaban J connectivity index is 1.48. The first-order valence-electron chi connectivity index (χ1n) is 10.1. The zero-order chi connectivity index (χ0) is 23.4. The maximum atomic E-state index is 12.6. The molecule has 170 valence electrons. The van der Waals surface area contributed by atoms with E-state index in [1.165, 1.54) is 13.2 Å². The van der Waals surface area contributed by atoms with Crippen LogP contribution in [-0.2, 0) is 22.5 Å². The van der Waals surface area contributed by atoms with Crippen LogP contribution in [-0.4, -0.2) is 41.5 Å². The summed E-state index contributed by atoms with van der Waals surface area (Å²) in [6.07, 6.45) is 3.39. The molecule has 0 bridgehead atoms. The molecule has 4 rings (SSSR count). The van der Waals surface area contributed by atoms with Gasteiger partial charge in [-0.15, -0.1) is 0 Å². The zero-order valence-corrected chi connectivity index (χ0v) is 18.5. The van der Waals surface area contributed by atoms with Crippen LogP contribution in [0.1, 0.15) is 21.6 Å². The van der Waals surface area contributed by atoms with Crippen LogP contribution in [0.2, 0.25) is 5.02 Å². The Morgan fingerprint density at radius 3 is 2.76 bits per heavy atom. The molecule has 1 aromatic heterocycles. The molecule has 2 heterocycles. The number of hydrogen-bond acceptors (Lipinski definition) is 6. The van der Waals surface area contributed by atoms with Crippen molar-refractivity contribution in [3.8, 4) is 17.1 Å². The molecule has 0 fully saturated rings. The number of halogens is 1. The number of aliphatic carboxylic acids is 1. The van der Waals surface area contributed by atoms with Gasteiger partial charge in [0.05, 0.1) is 18.7 Å². The van der Waals surface area contributed by atoms with Crippen molar-refractivity contribution in [1.29, 1.82) is 0 Å². The van der Waals surface area contributed by atoms with E-state index in [-0.39, 0.29) is 25.3 Å². The molecule has 0 aliphatic carbocycles. The van der Waals surface area contributed by atoms with Gasteiger partial charge in [-0.1, -0.05) is 47.1 Å². The fraction of sp³-hybridized carbons (Fsp3) is 0.208. The molecule has 33 heavy (non-hydrogen) atoms. The van der Waals surface area contributed by atoms with Crippen molar-refractivity contribution >= 4 is 23.5 Å². The van der Waals surface area contributed by atoms with E-state index in [1.807, 2.05) is 6.07 Å². The molecule has 9 heteroatoms. The molecular formula is C24H21ClN2O6. The number of hydrogen-bond donors (Lipinski definition) is 2. The highest BCUT2D eigenvalue weighted by atomic mass is 35.5. The smallest absolute Gasteiger partial charge is 0.340 e. The van der Waals surface area contributed by atoms with E-state index in [0.717, 1.165) is 5.56 Å². The summed E-state index contributed by atoms with van der Waals surface area (Å²) in [7, 11) is 1.52. The number of benzene rings is 2. The number of amides is 1. The number of carboxylic acids is 1. The lowest BCUT2D eigenvalue weighted by Crippen LogP contribution is -2.39. The van der Waals surface area contributed by atoms with Gasteiger partial charge in [-0.3, -0.25) is 4.79 Å². The van der Waals surface area contributed by atoms with Crippen molar-refractivity contribution in [2.45, 2.75) is 18.6 Å². The molecule has 0 saturated heterocycles. The molecule has 1 atom stereocenters. The van der Waals surface area contributed by atoms with Gasteiger partial charge in [-0.2, -0.15) is 0 Å². The average molecular weight is 469 g/mol. The Kier molecular flexibility index (Phi) is 6.48. The number of rotatable bonds is 8. The summed E-state index contributed by atoms with van der Waals surface area (Å²) in [6.45, 7) is 0.389. The molecule has 0 saturated carbocycles. The minimum absolute atomic E-state index is 0.106. The first-order chi connectivity index (χ1) is 15.9. The Bertz CT molecular complexity index is 1220. The van der Waals surface area contributed by atoms with Crippen LogP contribution in [0.25, 0.3) is 11.3 Å². The lowest BCUT2D eigenvalue weighted by Gasteiger charge is -2.22. The highest BCUT2D eigenvalue weighted by molar-refractivity contribution is 6.33.